The van der Waals surface area contributed by atoms with Gasteiger partial charge in [-0.2, -0.15) is 0 Å². The number of hydrogen-bond donors (Lipinski definition) is 0. The molecule has 4 aromatic carbocycles. The SMILES string of the molecule is C/C=C/CCCC/C=C\c1cccc(-c2nnc(-c3cccc(-c4nnc(-c5cccc(-c6nnc(-c7cccc(C)c7)o6)c5)o4)c3)o2)c1. The van der Waals surface area contributed by atoms with Crippen molar-refractivity contribution in [2.45, 2.75) is 39.5 Å². The van der Waals surface area contributed by atoms with Crippen LogP contribution in [-0.4, -0.2) is 30.6 Å². The maximum Gasteiger partial charge on any atom is 0.248 e. The van der Waals surface area contributed by atoms with E-state index < -0.39 is 0 Å². The van der Waals surface area contributed by atoms with Gasteiger partial charge >= 0.3 is 0 Å². The summed E-state index contributed by atoms with van der Waals surface area (Å²) in [6, 6.07) is 31.2. The van der Waals surface area contributed by atoms with Crippen molar-refractivity contribution in [3.8, 4) is 68.7 Å². The Morgan fingerprint density at radius 3 is 1.31 bits per heavy atom. The molecule has 0 saturated carbocycles. The van der Waals surface area contributed by atoms with Crippen molar-refractivity contribution in [3.05, 3.63) is 126 Å². The lowest BCUT2D eigenvalue weighted by molar-refractivity contribution is 0.582. The Morgan fingerprint density at radius 2 is 0.857 bits per heavy atom. The normalized spacial score (nSPS) is 11.6. The molecule has 9 nitrogen and oxygen atoms in total. The first-order valence-corrected chi connectivity index (χ1v) is 16.3. The van der Waals surface area contributed by atoms with Crippen LogP contribution in [0.25, 0.3) is 74.8 Å². The molecule has 0 aliphatic heterocycles. The van der Waals surface area contributed by atoms with Crippen LogP contribution in [-0.2, 0) is 0 Å². The average molecular weight is 647 g/mol. The number of rotatable bonds is 12. The average Bonchev–Trinajstić information content (AvgIpc) is 3.94. The summed E-state index contributed by atoms with van der Waals surface area (Å²) in [5.74, 6) is 2.44. The topological polar surface area (TPSA) is 117 Å². The van der Waals surface area contributed by atoms with E-state index in [-0.39, 0.29) is 0 Å². The summed E-state index contributed by atoms with van der Waals surface area (Å²) >= 11 is 0. The molecule has 0 saturated heterocycles. The molecule has 0 radical (unpaired) electrons. The molecule has 0 atom stereocenters. The molecule has 0 aliphatic rings. The van der Waals surface area contributed by atoms with Crippen LogP contribution in [0.15, 0.2) is 129 Å². The third kappa shape index (κ3) is 7.52. The van der Waals surface area contributed by atoms with E-state index in [1.807, 2.05) is 91.9 Å². The minimum absolute atomic E-state index is 0.364. The van der Waals surface area contributed by atoms with E-state index in [1.54, 1.807) is 0 Å². The molecule has 3 aromatic heterocycles. The third-order valence-electron chi connectivity index (χ3n) is 7.92. The van der Waals surface area contributed by atoms with Gasteiger partial charge in [0.15, 0.2) is 0 Å². The zero-order valence-corrected chi connectivity index (χ0v) is 27.3. The highest BCUT2D eigenvalue weighted by molar-refractivity contribution is 5.69. The molecule has 242 valence electrons. The molecule has 0 unspecified atom stereocenters. The van der Waals surface area contributed by atoms with E-state index in [0.29, 0.717) is 35.3 Å². The van der Waals surface area contributed by atoms with E-state index >= 15 is 0 Å². The summed E-state index contributed by atoms with van der Waals surface area (Å²) < 4.78 is 18.2. The van der Waals surface area contributed by atoms with Crippen LogP contribution >= 0.6 is 0 Å². The zero-order chi connectivity index (χ0) is 33.4. The Balaban J connectivity index is 1.05. The van der Waals surface area contributed by atoms with Gasteiger partial charge in [-0.25, -0.2) is 0 Å². The lowest BCUT2D eigenvalue weighted by Gasteiger charge is -2.00. The maximum atomic E-state index is 6.11. The lowest BCUT2D eigenvalue weighted by Crippen LogP contribution is -1.82. The smallest absolute Gasteiger partial charge is 0.248 e. The maximum absolute atomic E-state index is 6.11. The van der Waals surface area contributed by atoms with Crippen molar-refractivity contribution < 1.29 is 13.3 Å². The molecule has 0 N–H and O–H groups in total. The second kappa shape index (κ2) is 14.7. The number of allylic oxidation sites excluding steroid dienone is 3. The van der Waals surface area contributed by atoms with E-state index in [4.69, 9.17) is 13.3 Å². The van der Waals surface area contributed by atoms with Gasteiger partial charge in [-0.15, -0.1) is 30.6 Å². The highest BCUT2D eigenvalue weighted by Gasteiger charge is 2.17. The minimum Gasteiger partial charge on any atom is -0.416 e. The van der Waals surface area contributed by atoms with Gasteiger partial charge in [0.25, 0.3) is 0 Å². The first kappa shape index (κ1) is 31.4. The monoisotopic (exact) mass is 646 g/mol. The third-order valence-corrected chi connectivity index (χ3v) is 7.92. The van der Waals surface area contributed by atoms with Crippen LogP contribution in [0, 0.1) is 6.92 Å². The van der Waals surface area contributed by atoms with Crippen LogP contribution in [0.1, 0.15) is 43.7 Å². The van der Waals surface area contributed by atoms with E-state index in [9.17, 15) is 0 Å². The van der Waals surface area contributed by atoms with Crippen molar-refractivity contribution in [2.24, 2.45) is 0 Å². The number of aromatic nitrogens is 6. The molecule has 0 amide bonds. The summed E-state index contributed by atoms with van der Waals surface area (Å²) in [6.07, 6.45) is 13.2. The van der Waals surface area contributed by atoms with Crippen molar-refractivity contribution >= 4 is 6.08 Å². The second-order valence-electron chi connectivity index (χ2n) is 11.6. The molecule has 7 aromatic rings. The molecule has 0 aliphatic carbocycles. The minimum atomic E-state index is 0.364. The summed E-state index contributed by atoms with van der Waals surface area (Å²) in [4.78, 5) is 0. The Morgan fingerprint density at radius 1 is 0.469 bits per heavy atom. The molecular weight excluding hydrogens is 612 g/mol. The van der Waals surface area contributed by atoms with Crippen LogP contribution in [0.4, 0.5) is 0 Å². The van der Waals surface area contributed by atoms with Crippen LogP contribution < -0.4 is 0 Å². The molecule has 49 heavy (non-hydrogen) atoms. The highest BCUT2D eigenvalue weighted by Crippen LogP contribution is 2.31. The van der Waals surface area contributed by atoms with Gasteiger partial charge in [0.05, 0.1) is 0 Å². The molecule has 9 heteroatoms. The van der Waals surface area contributed by atoms with Crippen molar-refractivity contribution in [1.82, 2.24) is 30.6 Å². The van der Waals surface area contributed by atoms with Gasteiger partial charge < -0.3 is 13.3 Å². The first-order valence-electron chi connectivity index (χ1n) is 16.3. The molecule has 7 rings (SSSR count). The summed E-state index contributed by atoms with van der Waals surface area (Å²) in [5, 5.41) is 25.8. The fourth-order valence-electron chi connectivity index (χ4n) is 5.40. The predicted molar refractivity (Wildman–Crippen MR) is 190 cm³/mol. The fourth-order valence-corrected chi connectivity index (χ4v) is 5.40. The Kier molecular flexibility index (Phi) is 9.41. The Bertz CT molecular complexity index is 2240. The van der Waals surface area contributed by atoms with E-state index in [1.165, 1.54) is 12.8 Å². The lowest BCUT2D eigenvalue weighted by atomic mass is 10.1. The van der Waals surface area contributed by atoms with Crippen LogP contribution in [0.2, 0.25) is 0 Å². The Labute approximate surface area is 284 Å². The van der Waals surface area contributed by atoms with Crippen molar-refractivity contribution in [1.29, 1.82) is 0 Å². The first-order chi connectivity index (χ1) is 24.1. The van der Waals surface area contributed by atoms with Gasteiger partial charge in [0, 0.05) is 33.4 Å². The van der Waals surface area contributed by atoms with Gasteiger partial charge in [0.1, 0.15) is 0 Å². The van der Waals surface area contributed by atoms with Crippen LogP contribution in [0.5, 0.6) is 0 Å². The number of hydrogen-bond acceptors (Lipinski definition) is 9. The molecule has 0 spiro atoms. The van der Waals surface area contributed by atoms with Gasteiger partial charge in [-0.05, 0) is 106 Å². The number of benzene rings is 4. The second-order valence-corrected chi connectivity index (χ2v) is 11.6. The standard InChI is InChI=1S/C40H34N6O3/c1-3-4-5-6-7-8-9-15-28-16-11-18-30(24-28)36-42-44-38(48-36)32-20-13-22-34(26-32)40-46-45-39(49-40)33-21-12-19-31(25-33)37-43-41-35(47-37)29-17-10-14-27(2)23-29/h3-4,9-26H,5-8H2,1-2H3/b4-3+,15-9-. The molecule has 0 fully saturated rings. The zero-order valence-electron chi connectivity index (χ0n) is 27.3. The van der Waals surface area contributed by atoms with Gasteiger partial charge in [-0.1, -0.05) is 66.3 Å². The van der Waals surface area contributed by atoms with Crippen molar-refractivity contribution in [3.63, 3.8) is 0 Å². The Hall–Kier alpha value is -6.22. The highest BCUT2D eigenvalue weighted by atomic mass is 16.4. The van der Waals surface area contributed by atoms with Crippen LogP contribution in [0.3, 0.4) is 0 Å². The summed E-state index contributed by atoms with van der Waals surface area (Å²) in [7, 11) is 0. The van der Waals surface area contributed by atoms with E-state index in [2.05, 4.69) is 74.0 Å². The molecule has 0 bridgehead atoms. The quantitative estimate of drug-likeness (QED) is 0.0944. The van der Waals surface area contributed by atoms with E-state index in [0.717, 1.165) is 57.3 Å². The fraction of sp³-hybridized carbons (Fsp3) is 0.150. The largest absolute Gasteiger partial charge is 0.416 e. The number of unbranched alkanes of at least 4 members (excludes halogenated alkanes) is 3. The number of aryl methyl sites for hydroxylation is 1. The molecular formula is C40H34N6O3. The summed E-state index contributed by atoms with van der Waals surface area (Å²) in [5.41, 5.74) is 6.88. The van der Waals surface area contributed by atoms with Gasteiger partial charge in [0.2, 0.25) is 35.3 Å². The molecule has 3 heterocycles. The predicted octanol–water partition coefficient (Wildman–Crippen LogP) is 10.3. The number of nitrogens with zero attached hydrogens (tertiary/aromatic N) is 6. The van der Waals surface area contributed by atoms with Gasteiger partial charge in [-0.3, -0.25) is 0 Å². The summed E-state index contributed by atoms with van der Waals surface area (Å²) in [6.45, 7) is 4.08. The van der Waals surface area contributed by atoms with Crippen molar-refractivity contribution in [2.75, 3.05) is 0 Å².